The quantitative estimate of drug-likeness (QED) is 0.184. The van der Waals surface area contributed by atoms with E-state index >= 15 is 4.39 Å². The summed E-state index contributed by atoms with van der Waals surface area (Å²) in [6.45, 7) is 2.75. The molecule has 46 heavy (non-hydrogen) atoms. The summed E-state index contributed by atoms with van der Waals surface area (Å²) in [5, 5.41) is 9.73. The molecule has 4 aromatic rings. The van der Waals surface area contributed by atoms with E-state index in [1.165, 1.54) is 28.6 Å². The third kappa shape index (κ3) is 7.48. The molecule has 4 aromatic carbocycles. The van der Waals surface area contributed by atoms with Crippen LogP contribution in [0.1, 0.15) is 36.0 Å². The lowest BCUT2D eigenvalue weighted by Crippen LogP contribution is -2.58. The summed E-state index contributed by atoms with van der Waals surface area (Å²) in [5.74, 6) is -2.03. The molecular weight excluding hydrogens is 630 g/mol. The van der Waals surface area contributed by atoms with Crippen molar-refractivity contribution in [1.29, 1.82) is 0 Å². The Labute approximate surface area is 274 Å². The van der Waals surface area contributed by atoms with Crippen molar-refractivity contribution in [3.8, 4) is 0 Å². The second kappa shape index (κ2) is 14.8. The van der Waals surface area contributed by atoms with E-state index in [1.54, 1.807) is 73.8 Å². The van der Waals surface area contributed by atoms with Crippen LogP contribution in [0.15, 0.2) is 102 Å². The van der Waals surface area contributed by atoms with Crippen LogP contribution < -0.4 is 16.0 Å². The zero-order chi connectivity index (χ0) is 32.8. The molecule has 1 aliphatic heterocycles. The summed E-state index contributed by atoms with van der Waals surface area (Å²) in [4.78, 5) is 14.1. The fraction of sp³-hybridized carbons (Fsp3) is 0.286. The Morgan fingerprint density at radius 2 is 1.65 bits per heavy atom. The number of nitrogens with one attached hydrogen (secondary N) is 3. The monoisotopic (exact) mass is 666 g/mol. The molecule has 4 unspecified atom stereocenters. The molecular formula is C35H37ClF2N4O3S. The summed E-state index contributed by atoms with van der Waals surface area (Å²) in [5.41, 5.74) is 1.82. The van der Waals surface area contributed by atoms with E-state index in [0.29, 0.717) is 35.7 Å². The van der Waals surface area contributed by atoms with E-state index in [4.69, 9.17) is 11.6 Å². The van der Waals surface area contributed by atoms with Crippen LogP contribution in [0.25, 0.3) is 0 Å². The number of halogens is 3. The number of piperazine rings is 1. The zero-order valence-electron chi connectivity index (χ0n) is 25.6. The molecule has 1 aliphatic rings. The molecule has 4 atom stereocenters. The Morgan fingerprint density at radius 1 is 0.957 bits per heavy atom. The first-order valence-electron chi connectivity index (χ1n) is 15.2. The minimum absolute atomic E-state index is 0.175. The molecule has 0 bridgehead atoms. The second-order valence-corrected chi connectivity index (χ2v) is 13.7. The number of rotatable bonds is 11. The predicted molar refractivity (Wildman–Crippen MR) is 177 cm³/mol. The lowest BCUT2D eigenvalue weighted by molar-refractivity contribution is -0.118. The summed E-state index contributed by atoms with van der Waals surface area (Å²) in [7, 11) is -2.17. The minimum Gasteiger partial charge on any atom is -0.324 e. The van der Waals surface area contributed by atoms with Crippen LogP contribution in [0.3, 0.4) is 0 Å². The summed E-state index contributed by atoms with van der Waals surface area (Å²) in [6, 6.07) is 24.2. The van der Waals surface area contributed by atoms with Crippen LogP contribution in [-0.4, -0.2) is 56.9 Å². The Balaban J connectivity index is 1.41. The lowest BCUT2D eigenvalue weighted by atomic mass is 9.84. The number of nitrogens with zero attached hydrogens (tertiary/aromatic N) is 1. The Hall–Kier alpha value is -3.67. The van der Waals surface area contributed by atoms with Crippen LogP contribution in [0.2, 0.25) is 5.02 Å². The van der Waals surface area contributed by atoms with E-state index < -0.39 is 45.6 Å². The Kier molecular flexibility index (Phi) is 10.9. The van der Waals surface area contributed by atoms with Gasteiger partial charge in [-0.3, -0.25) is 4.79 Å². The summed E-state index contributed by atoms with van der Waals surface area (Å²) >= 11 is 6.30. The zero-order valence-corrected chi connectivity index (χ0v) is 27.2. The van der Waals surface area contributed by atoms with Crippen LogP contribution in [0.5, 0.6) is 0 Å². The number of hydrogen-bond donors (Lipinski definition) is 3. The van der Waals surface area contributed by atoms with Gasteiger partial charge in [0.2, 0.25) is 15.9 Å². The number of carbonyl (C=O) groups excluding carboxylic acids is 1. The molecule has 3 N–H and O–H groups in total. The molecule has 0 saturated carbocycles. The number of likely N-dealkylation sites (N-methyl/N-ethyl adjacent to an activating group) is 1. The maximum absolute atomic E-state index is 15.4. The molecule has 0 aromatic heterocycles. The van der Waals surface area contributed by atoms with E-state index in [1.807, 2.05) is 13.0 Å². The maximum Gasteiger partial charge on any atom is 0.243 e. The molecule has 0 spiro atoms. The molecule has 5 rings (SSSR count). The van der Waals surface area contributed by atoms with E-state index in [9.17, 15) is 17.6 Å². The van der Waals surface area contributed by atoms with Gasteiger partial charge >= 0.3 is 0 Å². The fourth-order valence-corrected chi connectivity index (χ4v) is 8.32. The average Bonchev–Trinajstić information content (AvgIpc) is 3.03. The number of benzene rings is 4. The minimum atomic E-state index is -3.80. The molecule has 1 saturated heterocycles. The third-order valence-electron chi connectivity index (χ3n) is 8.38. The Morgan fingerprint density at radius 3 is 2.35 bits per heavy atom. The average molecular weight is 667 g/mol. The van der Waals surface area contributed by atoms with Gasteiger partial charge in [-0.25, -0.2) is 17.2 Å². The first kappa shape index (κ1) is 33.7. The van der Waals surface area contributed by atoms with Crippen molar-refractivity contribution >= 4 is 33.2 Å². The van der Waals surface area contributed by atoms with Crippen molar-refractivity contribution in [1.82, 2.24) is 14.9 Å². The van der Waals surface area contributed by atoms with Gasteiger partial charge in [-0.05, 0) is 86.5 Å². The number of hydrogen-bond acceptors (Lipinski definition) is 5. The SMILES string of the molecule is CNC(C(=O)Nc1cccc(F)c1CCC1CNCC(C)N1S(=O)(=O)c1ccccc1)C(c1cccc(F)c1)c1cccc(Cl)c1. The van der Waals surface area contributed by atoms with Gasteiger partial charge in [0, 0.05) is 47.4 Å². The van der Waals surface area contributed by atoms with Gasteiger partial charge in [-0.15, -0.1) is 0 Å². The normalized spacial score (nSPS) is 18.5. The van der Waals surface area contributed by atoms with E-state index in [2.05, 4.69) is 16.0 Å². The van der Waals surface area contributed by atoms with Gasteiger partial charge in [-0.2, -0.15) is 4.31 Å². The molecule has 0 aliphatic carbocycles. The largest absolute Gasteiger partial charge is 0.324 e. The van der Waals surface area contributed by atoms with Crippen LogP contribution in [0, 0.1) is 11.6 Å². The summed E-state index contributed by atoms with van der Waals surface area (Å²) in [6.07, 6.45) is 0.491. The maximum atomic E-state index is 15.4. The number of sulfonamides is 1. The van der Waals surface area contributed by atoms with Crippen LogP contribution >= 0.6 is 11.6 Å². The molecule has 11 heteroatoms. The first-order valence-corrected chi connectivity index (χ1v) is 17.0. The highest BCUT2D eigenvalue weighted by atomic mass is 35.5. The van der Waals surface area contributed by atoms with Crippen molar-refractivity contribution in [3.05, 3.63) is 130 Å². The fourth-order valence-electron chi connectivity index (χ4n) is 6.25. The molecule has 1 heterocycles. The Bertz CT molecular complexity index is 1730. The highest BCUT2D eigenvalue weighted by Crippen LogP contribution is 2.32. The van der Waals surface area contributed by atoms with Crippen LogP contribution in [-0.2, 0) is 21.2 Å². The van der Waals surface area contributed by atoms with Gasteiger partial charge in [0.1, 0.15) is 11.6 Å². The van der Waals surface area contributed by atoms with E-state index in [-0.39, 0.29) is 28.6 Å². The molecule has 0 radical (unpaired) electrons. The van der Waals surface area contributed by atoms with Crippen molar-refractivity contribution < 1.29 is 22.0 Å². The number of amides is 1. The molecule has 1 amide bonds. The van der Waals surface area contributed by atoms with Gasteiger partial charge in [-0.1, -0.05) is 60.1 Å². The van der Waals surface area contributed by atoms with Gasteiger partial charge in [0.25, 0.3) is 0 Å². The number of carbonyl (C=O) groups is 1. The summed E-state index contributed by atoms with van der Waals surface area (Å²) < 4.78 is 58.6. The third-order valence-corrected chi connectivity index (χ3v) is 10.7. The standard InChI is InChI=1S/C35H37ClF2N4O3S/c1-23-21-40-22-28(42(23)46(44,45)29-13-4-3-5-14-29)17-18-30-31(38)15-8-16-32(30)41-35(43)34(39-2)33(24-9-6-11-26(36)19-24)25-10-7-12-27(37)20-25/h3-16,19-20,23,28,33-34,39-40H,17-18,21-22H2,1-2H3,(H,41,43). The topological polar surface area (TPSA) is 90.5 Å². The van der Waals surface area contributed by atoms with Crippen molar-refractivity contribution in [2.45, 2.75) is 48.7 Å². The lowest BCUT2D eigenvalue weighted by Gasteiger charge is -2.40. The predicted octanol–water partition coefficient (Wildman–Crippen LogP) is 5.96. The van der Waals surface area contributed by atoms with Gasteiger partial charge in [0.15, 0.2) is 0 Å². The van der Waals surface area contributed by atoms with Crippen LogP contribution in [0.4, 0.5) is 14.5 Å². The second-order valence-electron chi connectivity index (χ2n) is 11.5. The van der Waals surface area contributed by atoms with E-state index in [0.717, 1.165) is 0 Å². The molecule has 1 fully saturated rings. The van der Waals surface area contributed by atoms with Gasteiger partial charge in [0.05, 0.1) is 10.9 Å². The van der Waals surface area contributed by atoms with Crippen molar-refractivity contribution in [2.24, 2.45) is 0 Å². The first-order chi connectivity index (χ1) is 22.1. The highest BCUT2D eigenvalue weighted by molar-refractivity contribution is 7.89. The number of anilines is 1. The van der Waals surface area contributed by atoms with Crippen molar-refractivity contribution in [3.63, 3.8) is 0 Å². The smallest absolute Gasteiger partial charge is 0.243 e. The van der Waals surface area contributed by atoms with Crippen molar-refractivity contribution in [2.75, 3.05) is 25.5 Å². The molecule has 7 nitrogen and oxygen atoms in total. The highest BCUT2D eigenvalue weighted by Gasteiger charge is 2.38. The molecule has 242 valence electrons. The van der Waals surface area contributed by atoms with Gasteiger partial charge < -0.3 is 16.0 Å².